The Balaban J connectivity index is 3.85. The summed E-state index contributed by atoms with van der Waals surface area (Å²) in [6.07, 6.45) is -0.600. The van der Waals surface area contributed by atoms with Crippen LogP contribution < -0.4 is 11.1 Å². The number of nitrogens with one attached hydrogen (secondary N) is 1. The number of carbonyl (C=O) groups is 1. The lowest BCUT2D eigenvalue weighted by Gasteiger charge is -2.19. The van der Waals surface area contributed by atoms with E-state index in [1.165, 1.54) is 0 Å². The van der Waals surface area contributed by atoms with Gasteiger partial charge in [0.2, 0.25) is 0 Å². The zero-order valence-corrected chi connectivity index (χ0v) is 9.45. The molecule has 14 heavy (non-hydrogen) atoms. The Morgan fingerprint density at radius 1 is 1.36 bits per heavy atom. The van der Waals surface area contributed by atoms with Crippen molar-refractivity contribution in [3.63, 3.8) is 0 Å². The number of rotatable bonds is 6. The number of carbonyl (C=O) groups excluding carboxylic acids is 1. The molecule has 0 fully saturated rings. The molecule has 0 rings (SSSR count). The van der Waals surface area contributed by atoms with Crippen LogP contribution in [-0.2, 0) is 4.79 Å². The van der Waals surface area contributed by atoms with Gasteiger partial charge in [0.15, 0.2) is 5.78 Å². The standard InChI is InChI=1S/C10H22N2O2/c1-6(2)10(14)8(4)12-5-9(13)7(3)11/h6-9,12-13H,5,11H2,1-4H3/t7-,8-,9?/m0/s1. The van der Waals surface area contributed by atoms with Gasteiger partial charge in [-0.1, -0.05) is 13.8 Å². The maximum atomic E-state index is 11.4. The van der Waals surface area contributed by atoms with Crippen LogP contribution in [0.25, 0.3) is 0 Å². The first-order chi connectivity index (χ1) is 6.36. The third-order valence-corrected chi connectivity index (χ3v) is 2.24. The number of aliphatic hydroxyl groups excluding tert-OH is 1. The molecule has 0 radical (unpaired) electrons. The Bertz CT molecular complexity index is 181. The molecule has 4 N–H and O–H groups in total. The summed E-state index contributed by atoms with van der Waals surface area (Å²) in [6, 6.07) is -0.493. The minimum absolute atomic E-state index is 0.0185. The zero-order valence-electron chi connectivity index (χ0n) is 9.45. The van der Waals surface area contributed by atoms with Gasteiger partial charge in [-0.05, 0) is 13.8 Å². The van der Waals surface area contributed by atoms with Crippen molar-refractivity contribution in [1.82, 2.24) is 5.32 Å². The number of hydrogen-bond donors (Lipinski definition) is 3. The predicted octanol–water partition coefficient (Wildman–Crippen LogP) is -0.102. The first-order valence-corrected chi connectivity index (χ1v) is 5.07. The van der Waals surface area contributed by atoms with Crippen LogP contribution in [0, 0.1) is 5.92 Å². The average Bonchev–Trinajstić information content (AvgIpc) is 2.11. The summed E-state index contributed by atoms with van der Waals surface area (Å²) < 4.78 is 0. The van der Waals surface area contributed by atoms with E-state index in [4.69, 9.17) is 5.73 Å². The lowest BCUT2D eigenvalue weighted by atomic mass is 10.0. The predicted molar refractivity (Wildman–Crippen MR) is 57.0 cm³/mol. The Kier molecular flexibility index (Phi) is 5.92. The first-order valence-electron chi connectivity index (χ1n) is 5.07. The van der Waals surface area contributed by atoms with Crippen LogP contribution >= 0.6 is 0 Å². The van der Waals surface area contributed by atoms with Gasteiger partial charge in [0.1, 0.15) is 0 Å². The minimum atomic E-state index is -0.600. The first kappa shape index (κ1) is 13.5. The molecule has 4 heteroatoms. The molecular formula is C10H22N2O2. The van der Waals surface area contributed by atoms with E-state index in [0.717, 1.165) is 0 Å². The summed E-state index contributed by atoms with van der Waals surface area (Å²) in [7, 11) is 0. The fourth-order valence-electron chi connectivity index (χ4n) is 1.08. The minimum Gasteiger partial charge on any atom is -0.390 e. The third-order valence-electron chi connectivity index (χ3n) is 2.24. The van der Waals surface area contributed by atoms with Crippen LogP contribution in [-0.4, -0.2) is 35.6 Å². The van der Waals surface area contributed by atoms with Crippen molar-refractivity contribution >= 4 is 5.78 Å². The van der Waals surface area contributed by atoms with Crippen molar-refractivity contribution in [2.24, 2.45) is 11.7 Å². The molecule has 0 saturated heterocycles. The van der Waals surface area contributed by atoms with Gasteiger partial charge in [-0.25, -0.2) is 0 Å². The molecule has 0 aliphatic heterocycles. The molecule has 0 aromatic carbocycles. The topological polar surface area (TPSA) is 75.3 Å². The monoisotopic (exact) mass is 202 g/mol. The van der Waals surface area contributed by atoms with E-state index < -0.39 is 6.10 Å². The molecular weight excluding hydrogens is 180 g/mol. The second-order valence-electron chi connectivity index (χ2n) is 4.11. The lowest BCUT2D eigenvalue weighted by Crippen LogP contribution is -2.45. The highest BCUT2D eigenvalue weighted by Gasteiger charge is 2.17. The molecule has 1 unspecified atom stereocenters. The van der Waals surface area contributed by atoms with Crippen molar-refractivity contribution in [2.75, 3.05) is 6.54 Å². The van der Waals surface area contributed by atoms with Gasteiger partial charge in [0.05, 0.1) is 12.1 Å². The fraction of sp³-hybridized carbons (Fsp3) is 0.900. The van der Waals surface area contributed by atoms with E-state index in [-0.39, 0.29) is 23.8 Å². The van der Waals surface area contributed by atoms with Gasteiger partial charge in [-0.3, -0.25) is 4.79 Å². The molecule has 3 atom stereocenters. The molecule has 0 aliphatic carbocycles. The van der Waals surface area contributed by atoms with Crippen molar-refractivity contribution < 1.29 is 9.90 Å². The fourth-order valence-corrected chi connectivity index (χ4v) is 1.08. The van der Waals surface area contributed by atoms with Crippen molar-refractivity contribution in [3.05, 3.63) is 0 Å². The Labute approximate surface area is 85.9 Å². The maximum absolute atomic E-state index is 11.4. The molecule has 0 bridgehead atoms. The number of hydrogen-bond acceptors (Lipinski definition) is 4. The molecule has 0 aromatic heterocycles. The van der Waals surface area contributed by atoms with E-state index in [1.807, 2.05) is 13.8 Å². The normalized spacial score (nSPS) is 17.9. The number of nitrogens with two attached hydrogens (primary N) is 1. The van der Waals surface area contributed by atoms with Crippen molar-refractivity contribution in [1.29, 1.82) is 0 Å². The molecule has 0 aromatic rings. The largest absolute Gasteiger partial charge is 0.390 e. The number of ketones is 1. The summed E-state index contributed by atoms with van der Waals surface area (Å²) in [5.74, 6) is 0.173. The van der Waals surface area contributed by atoms with Gasteiger partial charge in [-0.2, -0.15) is 0 Å². The highest BCUT2D eigenvalue weighted by Crippen LogP contribution is 1.99. The Hall–Kier alpha value is -0.450. The Morgan fingerprint density at radius 3 is 2.21 bits per heavy atom. The van der Waals surface area contributed by atoms with E-state index in [2.05, 4.69) is 5.32 Å². The highest BCUT2D eigenvalue weighted by atomic mass is 16.3. The van der Waals surface area contributed by atoms with E-state index in [0.29, 0.717) is 6.54 Å². The lowest BCUT2D eigenvalue weighted by molar-refractivity contribution is -0.123. The summed E-state index contributed by atoms with van der Waals surface area (Å²) in [5.41, 5.74) is 5.48. The van der Waals surface area contributed by atoms with Gasteiger partial charge in [0, 0.05) is 18.5 Å². The highest BCUT2D eigenvalue weighted by molar-refractivity contribution is 5.85. The van der Waals surface area contributed by atoms with Gasteiger partial charge in [-0.15, -0.1) is 0 Å². The van der Waals surface area contributed by atoms with Gasteiger partial charge >= 0.3 is 0 Å². The van der Waals surface area contributed by atoms with E-state index >= 15 is 0 Å². The molecule has 0 spiro atoms. The number of aliphatic hydroxyl groups is 1. The molecule has 0 heterocycles. The van der Waals surface area contributed by atoms with Crippen molar-refractivity contribution in [2.45, 2.75) is 45.9 Å². The van der Waals surface area contributed by atoms with E-state index in [9.17, 15) is 9.90 Å². The summed E-state index contributed by atoms with van der Waals surface area (Å²) in [6.45, 7) is 7.62. The quantitative estimate of drug-likeness (QED) is 0.562. The van der Waals surface area contributed by atoms with Crippen LogP contribution in [0.2, 0.25) is 0 Å². The summed E-state index contributed by atoms with van der Waals surface area (Å²) in [5, 5.41) is 12.4. The van der Waals surface area contributed by atoms with Crippen LogP contribution in [0.4, 0.5) is 0 Å². The smallest absolute Gasteiger partial charge is 0.151 e. The molecule has 4 nitrogen and oxygen atoms in total. The van der Waals surface area contributed by atoms with Crippen LogP contribution in [0.1, 0.15) is 27.7 Å². The summed E-state index contributed by atoms with van der Waals surface area (Å²) >= 11 is 0. The molecule has 0 amide bonds. The SMILES string of the molecule is CC(C)C(=O)[C@H](C)NCC(O)[C@H](C)N. The van der Waals surface area contributed by atoms with Crippen LogP contribution in [0.15, 0.2) is 0 Å². The van der Waals surface area contributed by atoms with Gasteiger partial charge in [0.25, 0.3) is 0 Å². The van der Waals surface area contributed by atoms with Gasteiger partial charge < -0.3 is 16.2 Å². The zero-order chi connectivity index (χ0) is 11.3. The van der Waals surface area contributed by atoms with Crippen LogP contribution in [0.5, 0.6) is 0 Å². The van der Waals surface area contributed by atoms with E-state index in [1.54, 1.807) is 13.8 Å². The molecule has 0 saturated carbocycles. The number of Topliss-reactive ketones (excluding diaryl/α,β-unsaturated/α-hetero) is 1. The second kappa shape index (κ2) is 6.11. The molecule has 84 valence electrons. The summed E-state index contributed by atoms with van der Waals surface area (Å²) in [4.78, 5) is 11.4. The average molecular weight is 202 g/mol. The van der Waals surface area contributed by atoms with Crippen molar-refractivity contribution in [3.8, 4) is 0 Å². The maximum Gasteiger partial charge on any atom is 0.151 e. The third kappa shape index (κ3) is 4.69. The molecule has 0 aliphatic rings. The Morgan fingerprint density at radius 2 is 1.86 bits per heavy atom. The second-order valence-corrected chi connectivity index (χ2v) is 4.11. The van der Waals surface area contributed by atoms with Crippen LogP contribution in [0.3, 0.4) is 0 Å².